The number of imidazole rings is 1. The van der Waals surface area contributed by atoms with Crippen LogP contribution in [0.5, 0.6) is 0 Å². The third-order valence-corrected chi connectivity index (χ3v) is 5.01. The maximum Gasteiger partial charge on any atom is 0.251 e. The lowest BCUT2D eigenvalue weighted by Crippen LogP contribution is -2.24. The van der Waals surface area contributed by atoms with Crippen molar-refractivity contribution in [1.82, 2.24) is 19.8 Å². The van der Waals surface area contributed by atoms with E-state index in [4.69, 9.17) is 0 Å². The molecule has 0 spiro atoms. The van der Waals surface area contributed by atoms with Crippen molar-refractivity contribution in [3.63, 3.8) is 0 Å². The van der Waals surface area contributed by atoms with Crippen LogP contribution in [-0.2, 0) is 24.9 Å². The van der Waals surface area contributed by atoms with Crippen molar-refractivity contribution in [3.8, 4) is 0 Å². The van der Waals surface area contributed by atoms with Crippen LogP contribution in [-0.4, -0.2) is 32.8 Å². The third kappa shape index (κ3) is 3.69. The highest BCUT2D eigenvalue weighted by molar-refractivity contribution is 5.97. The summed E-state index contributed by atoms with van der Waals surface area (Å²) in [4.78, 5) is 30.3. The molecule has 1 aromatic heterocycles. The first-order chi connectivity index (χ1) is 13.1. The lowest BCUT2D eigenvalue weighted by molar-refractivity contribution is -0.128. The van der Waals surface area contributed by atoms with Gasteiger partial charge in [-0.25, -0.2) is 4.98 Å². The molecule has 1 fully saturated rings. The second-order valence-electron chi connectivity index (χ2n) is 6.98. The molecule has 1 aliphatic heterocycles. The minimum absolute atomic E-state index is 0.116. The van der Waals surface area contributed by atoms with Gasteiger partial charge >= 0.3 is 0 Å². The number of amides is 2. The largest absolute Gasteiger partial charge is 0.348 e. The number of aromatic nitrogens is 2. The third-order valence-electron chi connectivity index (χ3n) is 5.01. The van der Waals surface area contributed by atoms with Crippen molar-refractivity contribution in [2.45, 2.75) is 25.9 Å². The van der Waals surface area contributed by atoms with Gasteiger partial charge in [0.25, 0.3) is 5.91 Å². The molecule has 0 saturated carbocycles. The van der Waals surface area contributed by atoms with Crippen molar-refractivity contribution in [2.24, 2.45) is 7.05 Å². The summed E-state index contributed by atoms with van der Waals surface area (Å²) in [6, 6.07) is 13.6. The van der Waals surface area contributed by atoms with Crippen LogP contribution in [0.3, 0.4) is 0 Å². The maximum atomic E-state index is 12.4. The van der Waals surface area contributed by atoms with Gasteiger partial charge in [0.2, 0.25) is 5.91 Å². The highest BCUT2D eigenvalue weighted by Crippen LogP contribution is 2.16. The molecule has 0 bridgehead atoms. The van der Waals surface area contributed by atoms with Crippen LogP contribution in [0.25, 0.3) is 11.0 Å². The molecule has 4 rings (SSSR count). The average Bonchev–Trinajstić information content (AvgIpc) is 3.26. The fourth-order valence-corrected chi connectivity index (χ4v) is 3.42. The molecule has 0 atom stereocenters. The summed E-state index contributed by atoms with van der Waals surface area (Å²) < 4.78 is 1.92. The van der Waals surface area contributed by atoms with Gasteiger partial charge in [-0.15, -0.1) is 0 Å². The van der Waals surface area contributed by atoms with Gasteiger partial charge in [0, 0.05) is 38.7 Å². The van der Waals surface area contributed by atoms with Crippen molar-refractivity contribution >= 4 is 22.8 Å². The number of nitrogens with zero attached hydrogens (tertiary/aromatic N) is 3. The summed E-state index contributed by atoms with van der Waals surface area (Å²) in [7, 11) is 1.93. The number of carbonyl (C=O) groups excluding carboxylic acids is 2. The Morgan fingerprint density at radius 3 is 2.67 bits per heavy atom. The summed E-state index contributed by atoms with van der Waals surface area (Å²) in [5, 5.41) is 2.95. The van der Waals surface area contributed by atoms with Gasteiger partial charge in [-0.3, -0.25) is 9.59 Å². The highest BCUT2D eigenvalue weighted by atomic mass is 16.2. The number of aryl methyl sites for hydroxylation is 1. The number of hydrogen-bond donors (Lipinski definition) is 1. The average molecular weight is 362 g/mol. The van der Waals surface area contributed by atoms with Crippen LogP contribution in [0.2, 0.25) is 0 Å². The van der Waals surface area contributed by atoms with E-state index in [1.807, 2.05) is 52.9 Å². The Kier molecular flexibility index (Phi) is 4.62. The molecular formula is C21H22N4O2. The smallest absolute Gasteiger partial charge is 0.251 e. The molecule has 3 aromatic rings. The summed E-state index contributed by atoms with van der Waals surface area (Å²) in [6.07, 6.45) is 3.35. The number of likely N-dealkylation sites (tertiary alicyclic amines) is 1. The molecule has 138 valence electrons. The van der Waals surface area contributed by atoms with E-state index in [-0.39, 0.29) is 11.8 Å². The Morgan fingerprint density at radius 2 is 1.93 bits per heavy atom. The van der Waals surface area contributed by atoms with Crippen LogP contribution in [0.1, 0.15) is 34.3 Å². The molecule has 6 heteroatoms. The van der Waals surface area contributed by atoms with E-state index in [2.05, 4.69) is 10.3 Å². The number of carbonyl (C=O) groups is 2. The van der Waals surface area contributed by atoms with E-state index in [1.54, 1.807) is 12.4 Å². The molecule has 0 radical (unpaired) electrons. The monoisotopic (exact) mass is 362 g/mol. The van der Waals surface area contributed by atoms with Crippen molar-refractivity contribution < 1.29 is 9.59 Å². The summed E-state index contributed by atoms with van der Waals surface area (Å²) in [5.74, 6) is 0.116. The molecule has 1 aliphatic rings. The molecule has 6 nitrogen and oxygen atoms in total. The molecule has 1 saturated heterocycles. The SMILES string of the molecule is Cn1cnc2cc(C(=O)NCc3ccc(CN4CCCC4=O)cc3)ccc21. The lowest BCUT2D eigenvalue weighted by Gasteiger charge is -2.15. The Labute approximate surface area is 157 Å². The molecule has 0 unspecified atom stereocenters. The van der Waals surface area contributed by atoms with Gasteiger partial charge in [0.15, 0.2) is 0 Å². The fraction of sp³-hybridized carbons (Fsp3) is 0.286. The van der Waals surface area contributed by atoms with Gasteiger partial charge in [-0.2, -0.15) is 0 Å². The van der Waals surface area contributed by atoms with E-state index in [0.29, 0.717) is 25.1 Å². The van der Waals surface area contributed by atoms with E-state index in [9.17, 15) is 9.59 Å². The summed E-state index contributed by atoms with van der Waals surface area (Å²) in [6.45, 7) is 1.97. The summed E-state index contributed by atoms with van der Waals surface area (Å²) in [5.41, 5.74) is 4.55. The number of hydrogen-bond acceptors (Lipinski definition) is 3. The maximum absolute atomic E-state index is 12.4. The van der Waals surface area contributed by atoms with E-state index in [0.717, 1.165) is 35.1 Å². The molecule has 2 amide bonds. The van der Waals surface area contributed by atoms with Crippen molar-refractivity contribution in [1.29, 1.82) is 0 Å². The zero-order valence-corrected chi connectivity index (χ0v) is 15.3. The molecular weight excluding hydrogens is 340 g/mol. The highest BCUT2D eigenvalue weighted by Gasteiger charge is 2.19. The summed E-state index contributed by atoms with van der Waals surface area (Å²) >= 11 is 0. The Bertz CT molecular complexity index is 991. The minimum Gasteiger partial charge on any atom is -0.348 e. The number of fused-ring (bicyclic) bond motifs is 1. The van der Waals surface area contributed by atoms with Crippen LogP contribution in [0.4, 0.5) is 0 Å². The van der Waals surface area contributed by atoms with E-state index in [1.165, 1.54) is 0 Å². The first-order valence-corrected chi connectivity index (χ1v) is 9.15. The molecule has 2 aromatic carbocycles. The second-order valence-corrected chi connectivity index (χ2v) is 6.98. The second kappa shape index (κ2) is 7.23. The van der Waals surface area contributed by atoms with E-state index >= 15 is 0 Å². The Hall–Kier alpha value is -3.15. The zero-order valence-electron chi connectivity index (χ0n) is 15.3. The van der Waals surface area contributed by atoms with Gasteiger partial charge in [-0.05, 0) is 35.7 Å². The molecule has 27 heavy (non-hydrogen) atoms. The topological polar surface area (TPSA) is 67.2 Å². The van der Waals surface area contributed by atoms with Gasteiger partial charge < -0.3 is 14.8 Å². The van der Waals surface area contributed by atoms with Gasteiger partial charge in [0.05, 0.1) is 17.4 Å². The molecule has 2 heterocycles. The molecule has 1 N–H and O–H groups in total. The van der Waals surface area contributed by atoms with Crippen LogP contribution >= 0.6 is 0 Å². The predicted molar refractivity (Wildman–Crippen MR) is 103 cm³/mol. The quantitative estimate of drug-likeness (QED) is 0.759. The van der Waals surface area contributed by atoms with Crippen LogP contribution in [0.15, 0.2) is 48.8 Å². The van der Waals surface area contributed by atoms with Gasteiger partial charge in [-0.1, -0.05) is 24.3 Å². The zero-order chi connectivity index (χ0) is 18.8. The van der Waals surface area contributed by atoms with Crippen LogP contribution < -0.4 is 5.32 Å². The van der Waals surface area contributed by atoms with Gasteiger partial charge in [0.1, 0.15) is 0 Å². The lowest BCUT2D eigenvalue weighted by atomic mass is 10.1. The number of rotatable bonds is 5. The first kappa shape index (κ1) is 17.3. The number of nitrogens with one attached hydrogen (secondary N) is 1. The van der Waals surface area contributed by atoms with Crippen LogP contribution in [0, 0.1) is 0 Å². The van der Waals surface area contributed by atoms with Crippen molar-refractivity contribution in [2.75, 3.05) is 6.54 Å². The first-order valence-electron chi connectivity index (χ1n) is 9.15. The minimum atomic E-state index is -0.116. The standard InChI is InChI=1S/C21H22N4O2/c1-24-14-23-18-11-17(8-9-19(18)24)21(27)22-12-15-4-6-16(7-5-15)13-25-10-2-3-20(25)26/h4-9,11,14H,2-3,10,12-13H2,1H3,(H,22,27). The Balaban J connectivity index is 1.36. The fourth-order valence-electron chi connectivity index (χ4n) is 3.42. The normalized spacial score (nSPS) is 14.1. The predicted octanol–water partition coefficient (Wildman–Crippen LogP) is 2.63. The van der Waals surface area contributed by atoms with E-state index < -0.39 is 0 Å². The molecule has 0 aliphatic carbocycles. The number of benzene rings is 2. The van der Waals surface area contributed by atoms with Crippen molar-refractivity contribution in [3.05, 3.63) is 65.5 Å². The Morgan fingerprint density at radius 1 is 1.15 bits per heavy atom.